The number of carbonyl (C=O) groups is 1. The lowest BCUT2D eigenvalue weighted by atomic mass is 10.0. The van der Waals surface area contributed by atoms with Crippen LogP contribution in [0.25, 0.3) is 10.6 Å². The zero-order chi connectivity index (χ0) is 24.3. The van der Waals surface area contributed by atoms with Crippen molar-refractivity contribution in [2.75, 3.05) is 7.11 Å². The van der Waals surface area contributed by atoms with Gasteiger partial charge in [-0.25, -0.2) is 8.42 Å². The van der Waals surface area contributed by atoms with Crippen molar-refractivity contribution in [1.29, 1.82) is 0 Å². The first-order chi connectivity index (χ1) is 16.2. The molecule has 34 heavy (non-hydrogen) atoms. The molecule has 0 unspecified atom stereocenters. The molecule has 0 spiro atoms. The van der Waals surface area contributed by atoms with E-state index < -0.39 is 9.84 Å². The molecule has 2 aromatic heterocycles. The standard InChI is InChI=1S/C26H26N2O4S2/c1-18-13-23(28(2)27-18)25-11-12-26(33-25)34(30,31)17-20-9-10-24(32-3)21(14-20)16-22(29)15-19-7-5-4-6-8-19/h4-14H,15-17H2,1-3H3. The molecule has 176 valence electrons. The average Bonchev–Trinajstić information content (AvgIpc) is 3.41. The van der Waals surface area contributed by atoms with Crippen molar-refractivity contribution >= 4 is 27.0 Å². The highest BCUT2D eigenvalue weighted by Crippen LogP contribution is 2.33. The fourth-order valence-electron chi connectivity index (χ4n) is 3.92. The lowest BCUT2D eigenvalue weighted by Gasteiger charge is -2.11. The largest absolute Gasteiger partial charge is 0.496 e. The SMILES string of the molecule is COc1ccc(CS(=O)(=O)c2ccc(-c3cc(C)nn3C)s2)cc1CC(=O)Cc1ccccc1. The molecule has 4 rings (SSSR count). The average molecular weight is 495 g/mol. The number of aromatic nitrogens is 2. The molecule has 0 amide bonds. The monoisotopic (exact) mass is 494 g/mol. The molecular formula is C26H26N2O4S2. The minimum atomic E-state index is -3.56. The van der Waals surface area contributed by atoms with Crippen LogP contribution in [0.5, 0.6) is 5.75 Å². The first kappa shape index (κ1) is 23.9. The Morgan fingerprint density at radius 3 is 2.44 bits per heavy atom. The summed E-state index contributed by atoms with van der Waals surface area (Å²) in [6.45, 7) is 1.90. The Bertz CT molecular complexity index is 1420. The van der Waals surface area contributed by atoms with Gasteiger partial charge in [0, 0.05) is 25.5 Å². The van der Waals surface area contributed by atoms with Crippen molar-refractivity contribution in [3.05, 3.63) is 89.1 Å². The summed E-state index contributed by atoms with van der Waals surface area (Å²) in [5.41, 5.74) is 4.01. The minimum absolute atomic E-state index is 0.0406. The molecule has 6 nitrogen and oxygen atoms in total. The van der Waals surface area contributed by atoms with Gasteiger partial charge in [-0.1, -0.05) is 42.5 Å². The molecule has 0 aliphatic rings. The van der Waals surface area contributed by atoms with E-state index >= 15 is 0 Å². The first-order valence-electron chi connectivity index (χ1n) is 10.8. The van der Waals surface area contributed by atoms with Crippen LogP contribution in [0.3, 0.4) is 0 Å². The summed E-state index contributed by atoms with van der Waals surface area (Å²) >= 11 is 1.24. The summed E-state index contributed by atoms with van der Waals surface area (Å²) in [5.74, 6) is 0.466. The highest BCUT2D eigenvalue weighted by Gasteiger charge is 2.21. The van der Waals surface area contributed by atoms with Crippen molar-refractivity contribution in [3.8, 4) is 16.3 Å². The third kappa shape index (κ3) is 5.46. The van der Waals surface area contributed by atoms with E-state index in [4.69, 9.17) is 4.74 Å². The molecule has 0 bridgehead atoms. The van der Waals surface area contributed by atoms with Crippen molar-refractivity contribution in [2.24, 2.45) is 7.05 Å². The Morgan fingerprint density at radius 1 is 1.00 bits per heavy atom. The van der Waals surface area contributed by atoms with Crippen molar-refractivity contribution in [3.63, 3.8) is 0 Å². The summed E-state index contributed by atoms with van der Waals surface area (Å²) in [7, 11) is -0.169. The lowest BCUT2D eigenvalue weighted by Crippen LogP contribution is -2.09. The summed E-state index contributed by atoms with van der Waals surface area (Å²) in [4.78, 5) is 13.5. The van der Waals surface area contributed by atoms with Gasteiger partial charge < -0.3 is 4.74 Å². The predicted molar refractivity (Wildman–Crippen MR) is 134 cm³/mol. The molecule has 0 N–H and O–H groups in total. The quantitative estimate of drug-likeness (QED) is 0.334. The van der Waals surface area contributed by atoms with Gasteiger partial charge in [0.2, 0.25) is 0 Å². The topological polar surface area (TPSA) is 78.3 Å². The predicted octanol–water partition coefficient (Wildman–Crippen LogP) is 4.79. The number of ether oxygens (including phenoxy) is 1. The van der Waals surface area contributed by atoms with Crippen molar-refractivity contribution in [1.82, 2.24) is 9.78 Å². The second kappa shape index (κ2) is 9.95. The lowest BCUT2D eigenvalue weighted by molar-refractivity contribution is -0.117. The molecule has 0 saturated heterocycles. The maximum atomic E-state index is 13.2. The van der Waals surface area contributed by atoms with Gasteiger partial charge in [0.05, 0.1) is 29.1 Å². The van der Waals surface area contributed by atoms with Crippen LogP contribution in [-0.2, 0) is 40.3 Å². The Kier molecular flexibility index (Phi) is 7.00. The van der Waals surface area contributed by atoms with Crippen LogP contribution in [0.2, 0.25) is 0 Å². The molecule has 2 heterocycles. The number of nitrogens with zero attached hydrogens (tertiary/aromatic N) is 2. The number of rotatable bonds is 9. The Morgan fingerprint density at radius 2 is 1.76 bits per heavy atom. The molecule has 0 atom stereocenters. The van der Waals surface area contributed by atoms with Crippen molar-refractivity contribution < 1.29 is 17.9 Å². The minimum Gasteiger partial charge on any atom is -0.496 e. The van der Waals surface area contributed by atoms with Gasteiger partial charge in [-0.15, -0.1) is 11.3 Å². The van der Waals surface area contributed by atoms with Gasteiger partial charge in [0.1, 0.15) is 15.7 Å². The summed E-state index contributed by atoms with van der Waals surface area (Å²) in [6, 6.07) is 20.2. The molecular weight excluding hydrogens is 468 g/mol. The van der Waals surface area contributed by atoms with Gasteiger partial charge >= 0.3 is 0 Å². The van der Waals surface area contributed by atoms with Gasteiger partial charge in [-0.2, -0.15) is 5.10 Å². The van der Waals surface area contributed by atoms with Gasteiger partial charge in [-0.3, -0.25) is 9.48 Å². The number of sulfone groups is 1. The number of Topliss-reactive ketones (excluding diaryl/α,β-unsaturated/α-hetero) is 1. The molecule has 0 fully saturated rings. The Labute approximate surface area is 203 Å². The van der Waals surface area contributed by atoms with Crippen LogP contribution in [0.15, 0.2) is 70.9 Å². The number of methoxy groups -OCH3 is 1. The summed E-state index contributed by atoms with van der Waals surface area (Å²) < 4.78 is 33.8. The Balaban J connectivity index is 1.53. The normalized spacial score (nSPS) is 11.5. The van der Waals surface area contributed by atoms with Crippen LogP contribution in [0.4, 0.5) is 0 Å². The molecule has 0 radical (unpaired) electrons. The second-order valence-corrected chi connectivity index (χ2v) is 11.5. The highest BCUT2D eigenvalue weighted by atomic mass is 32.2. The first-order valence-corrected chi connectivity index (χ1v) is 13.3. The van der Waals surface area contributed by atoms with Crippen LogP contribution in [0, 0.1) is 6.92 Å². The van der Waals surface area contributed by atoms with Gasteiger partial charge in [-0.05, 0) is 42.3 Å². The molecule has 0 aliphatic heterocycles. The van der Waals surface area contributed by atoms with E-state index in [1.165, 1.54) is 11.3 Å². The fourth-order valence-corrected chi connectivity index (χ4v) is 6.69. The maximum Gasteiger partial charge on any atom is 0.191 e. The molecule has 4 aromatic rings. The molecule has 2 aromatic carbocycles. The van der Waals surface area contributed by atoms with Crippen molar-refractivity contribution in [2.45, 2.75) is 29.7 Å². The number of thiophene rings is 1. The van der Waals surface area contributed by atoms with E-state index in [0.717, 1.165) is 21.8 Å². The summed E-state index contributed by atoms with van der Waals surface area (Å²) in [5, 5.41) is 4.34. The Hall–Kier alpha value is -3.23. The molecule has 8 heteroatoms. The summed E-state index contributed by atoms with van der Waals surface area (Å²) in [6.07, 6.45) is 0.493. The number of aryl methyl sites for hydroxylation is 2. The van der Waals surface area contributed by atoms with E-state index in [0.29, 0.717) is 27.5 Å². The third-order valence-electron chi connectivity index (χ3n) is 5.48. The van der Waals surface area contributed by atoms with Crippen LogP contribution in [0.1, 0.15) is 22.4 Å². The number of carbonyl (C=O) groups excluding carboxylic acids is 1. The van der Waals surface area contributed by atoms with E-state index in [2.05, 4.69) is 5.10 Å². The van der Waals surface area contributed by atoms with Crippen LogP contribution in [-0.4, -0.2) is 31.1 Å². The van der Waals surface area contributed by atoms with Crippen LogP contribution >= 0.6 is 11.3 Å². The molecule has 0 saturated carbocycles. The fraction of sp³-hybridized carbons (Fsp3) is 0.231. The maximum absolute atomic E-state index is 13.2. The number of benzene rings is 2. The van der Waals surface area contributed by atoms with E-state index in [9.17, 15) is 13.2 Å². The number of hydrogen-bond acceptors (Lipinski definition) is 6. The van der Waals surface area contributed by atoms with E-state index in [1.807, 2.05) is 56.4 Å². The van der Waals surface area contributed by atoms with Crippen LogP contribution < -0.4 is 4.74 Å². The van der Waals surface area contributed by atoms with Gasteiger partial charge in [0.25, 0.3) is 0 Å². The zero-order valence-corrected chi connectivity index (χ0v) is 20.9. The zero-order valence-electron chi connectivity index (χ0n) is 19.3. The van der Waals surface area contributed by atoms with E-state index in [-0.39, 0.29) is 18.0 Å². The number of ketones is 1. The highest BCUT2D eigenvalue weighted by molar-refractivity contribution is 7.92. The molecule has 0 aliphatic carbocycles. The van der Waals surface area contributed by atoms with E-state index in [1.54, 1.807) is 36.1 Å². The number of hydrogen-bond donors (Lipinski definition) is 0. The van der Waals surface area contributed by atoms with Gasteiger partial charge in [0.15, 0.2) is 9.84 Å². The second-order valence-electron chi connectivity index (χ2n) is 8.20. The third-order valence-corrected chi connectivity index (χ3v) is 8.85. The smallest absolute Gasteiger partial charge is 0.191 e.